The summed E-state index contributed by atoms with van der Waals surface area (Å²) in [5.74, 6) is -0.268. The summed E-state index contributed by atoms with van der Waals surface area (Å²) in [4.78, 5) is 14.9. The first-order valence-corrected chi connectivity index (χ1v) is 13.0. The number of ether oxygens (including phenoxy) is 1. The molecule has 0 saturated heterocycles. The van der Waals surface area contributed by atoms with Gasteiger partial charge < -0.3 is 14.7 Å². The second kappa shape index (κ2) is 11.4. The first kappa shape index (κ1) is 26.3. The Morgan fingerprint density at radius 1 is 1.32 bits per heavy atom. The molecule has 11 heteroatoms. The summed E-state index contributed by atoms with van der Waals surface area (Å²) in [6.07, 6.45) is 2.19. The van der Waals surface area contributed by atoms with Crippen LogP contribution in [0.1, 0.15) is 37.9 Å². The number of nitrogens with zero attached hydrogens (tertiary/aromatic N) is 5. The van der Waals surface area contributed by atoms with E-state index >= 15 is 0 Å². The van der Waals surface area contributed by atoms with Crippen LogP contribution in [-0.2, 0) is 32.7 Å². The molecule has 1 aliphatic heterocycles. The predicted molar refractivity (Wildman–Crippen MR) is 126 cm³/mol. The van der Waals surface area contributed by atoms with Gasteiger partial charge in [-0.2, -0.15) is 4.31 Å². The largest absolute Gasteiger partial charge is 0.394 e. The summed E-state index contributed by atoms with van der Waals surface area (Å²) >= 11 is 0. The third kappa shape index (κ3) is 6.21. The summed E-state index contributed by atoms with van der Waals surface area (Å²) in [7, 11) is -2.20. The van der Waals surface area contributed by atoms with Gasteiger partial charge in [-0.15, -0.1) is 5.10 Å². The maximum Gasteiger partial charge on any atom is 0.243 e. The van der Waals surface area contributed by atoms with Crippen LogP contribution in [0.5, 0.6) is 0 Å². The number of likely N-dealkylation sites (N-methyl/N-ethyl adjacent to an activating group) is 1. The van der Waals surface area contributed by atoms with E-state index in [1.54, 1.807) is 53.9 Å². The number of hydrogen-bond acceptors (Lipinski definition) is 7. The van der Waals surface area contributed by atoms with Crippen molar-refractivity contribution in [3.63, 3.8) is 0 Å². The minimum atomic E-state index is -3.74. The average molecular weight is 494 g/mol. The number of amides is 1. The molecule has 1 aromatic carbocycles. The zero-order valence-corrected chi connectivity index (χ0v) is 21.1. The molecule has 0 aliphatic carbocycles. The fourth-order valence-corrected chi connectivity index (χ4v) is 5.46. The number of aryl methyl sites for hydroxylation is 2. The fourth-order valence-electron chi connectivity index (χ4n) is 4.06. The molecule has 2 heterocycles. The normalized spacial score (nSPS) is 21.6. The molecular formula is C23H35N5O5S. The lowest BCUT2D eigenvalue weighted by Gasteiger charge is -2.35. The van der Waals surface area contributed by atoms with E-state index in [9.17, 15) is 18.3 Å². The minimum absolute atomic E-state index is 0.0624. The van der Waals surface area contributed by atoms with Crippen molar-refractivity contribution in [3.05, 3.63) is 41.7 Å². The molecule has 0 unspecified atom stereocenters. The molecule has 1 N–H and O–H groups in total. The average Bonchev–Trinajstić information content (AvgIpc) is 3.26. The Morgan fingerprint density at radius 2 is 2.06 bits per heavy atom. The van der Waals surface area contributed by atoms with Crippen LogP contribution < -0.4 is 0 Å². The standard InChI is InChI=1S/C23H35N5O5S/c1-17-8-5-6-9-22(17)34(31,32)26(4)14-21-18(2)12-28(19(3)15-29)23(30)10-7-11-27-13-20(16-33-21)24-25-27/h5-6,8-9,13,18-19,21,29H,7,10-12,14-16H2,1-4H3/t18-,19-,21-/m0/s1. The zero-order valence-electron chi connectivity index (χ0n) is 20.3. The van der Waals surface area contributed by atoms with Crippen molar-refractivity contribution in [1.29, 1.82) is 0 Å². The van der Waals surface area contributed by atoms with Crippen molar-refractivity contribution in [2.45, 2.75) is 63.8 Å². The van der Waals surface area contributed by atoms with E-state index in [-0.39, 0.29) is 42.5 Å². The van der Waals surface area contributed by atoms with Gasteiger partial charge in [0.2, 0.25) is 15.9 Å². The molecule has 0 saturated carbocycles. The predicted octanol–water partition coefficient (Wildman–Crippen LogP) is 1.43. The van der Waals surface area contributed by atoms with E-state index in [4.69, 9.17) is 4.74 Å². The molecule has 2 aromatic rings. The van der Waals surface area contributed by atoms with Gasteiger partial charge in [-0.25, -0.2) is 8.42 Å². The number of sulfonamides is 1. The van der Waals surface area contributed by atoms with Crippen LogP contribution in [0.3, 0.4) is 0 Å². The Labute approximate surface area is 201 Å². The third-order valence-electron chi connectivity index (χ3n) is 6.26. The van der Waals surface area contributed by atoms with E-state index in [1.807, 2.05) is 6.92 Å². The lowest BCUT2D eigenvalue weighted by molar-refractivity contribution is -0.136. The zero-order chi connectivity index (χ0) is 24.9. The molecular weight excluding hydrogens is 458 g/mol. The maximum atomic E-state index is 13.3. The number of fused-ring (bicyclic) bond motifs is 2. The van der Waals surface area contributed by atoms with Crippen LogP contribution in [0.15, 0.2) is 35.4 Å². The van der Waals surface area contributed by atoms with Gasteiger partial charge in [0.05, 0.1) is 36.5 Å². The first-order valence-electron chi connectivity index (χ1n) is 11.6. The number of aromatic nitrogens is 3. The SMILES string of the molecule is Cc1ccccc1S(=O)(=O)N(C)C[C@@H]1OCc2cn(nn2)CCCC(=O)N([C@@H](C)CO)C[C@@H]1C. The van der Waals surface area contributed by atoms with E-state index < -0.39 is 16.1 Å². The van der Waals surface area contributed by atoms with Crippen molar-refractivity contribution >= 4 is 15.9 Å². The molecule has 3 atom stereocenters. The van der Waals surface area contributed by atoms with Crippen LogP contribution in [0.2, 0.25) is 0 Å². The van der Waals surface area contributed by atoms with Crippen LogP contribution in [0, 0.1) is 12.8 Å². The van der Waals surface area contributed by atoms with Gasteiger partial charge in [-0.3, -0.25) is 9.48 Å². The topological polar surface area (TPSA) is 118 Å². The molecule has 0 radical (unpaired) electrons. The van der Waals surface area contributed by atoms with Crippen molar-refractivity contribution in [2.75, 3.05) is 26.7 Å². The Kier molecular flexibility index (Phi) is 8.80. The molecule has 1 aromatic heterocycles. The Bertz CT molecular complexity index is 1070. The van der Waals surface area contributed by atoms with Crippen molar-refractivity contribution in [1.82, 2.24) is 24.2 Å². The Balaban J connectivity index is 1.87. The Hall–Kier alpha value is -2.34. The number of aliphatic hydroxyl groups excluding tert-OH is 1. The quantitative estimate of drug-likeness (QED) is 0.647. The number of carbonyl (C=O) groups is 1. The van der Waals surface area contributed by atoms with Gasteiger partial charge in [0, 0.05) is 39.0 Å². The van der Waals surface area contributed by atoms with E-state index in [0.717, 1.165) is 0 Å². The van der Waals surface area contributed by atoms with Crippen LogP contribution >= 0.6 is 0 Å². The lowest BCUT2D eigenvalue weighted by atomic mass is 10.0. The molecule has 2 bridgehead atoms. The second-order valence-corrected chi connectivity index (χ2v) is 11.0. The Morgan fingerprint density at radius 3 is 2.76 bits per heavy atom. The summed E-state index contributed by atoms with van der Waals surface area (Å²) in [6.45, 7) is 6.51. The molecule has 3 rings (SSSR count). The fraction of sp³-hybridized carbons (Fsp3) is 0.609. The molecule has 34 heavy (non-hydrogen) atoms. The second-order valence-electron chi connectivity index (χ2n) is 9.03. The van der Waals surface area contributed by atoms with E-state index in [1.165, 1.54) is 11.4 Å². The highest BCUT2D eigenvalue weighted by Gasteiger charge is 2.31. The highest BCUT2D eigenvalue weighted by molar-refractivity contribution is 7.89. The van der Waals surface area contributed by atoms with Crippen molar-refractivity contribution in [3.8, 4) is 0 Å². The van der Waals surface area contributed by atoms with E-state index in [0.29, 0.717) is 37.2 Å². The number of rotatable bonds is 6. The van der Waals surface area contributed by atoms with Gasteiger partial charge in [0.1, 0.15) is 5.69 Å². The molecule has 188 valence electrons. The first-order chi connectivity index (χ1) is 16.1. The molecule has 0 spiro atoms. The maximum absolute atomic E-state index is 13.3. The molecule has 1 aliphatic rings. The number of carbonyl (C=O) groups excluding carboxylic acids is 1. The van der Waals surface area contributed by atoms with E-state index in [2.05, 4.69) is 10.3 Å². The van der Waals surface area contributed by atoms with Gasteiger partial charge in [0.25, 0.3) is 0 Å². The molecule has 10 nitrogen and oxygen atoms in total. The molecule has 0 fully saturated rings. The van der Waals surface area contributed by atoms with Gasteiger partial charge in [0.15, 0.2) is 0 Å². The monoisotopic (exact) mass is 493 g/mol. The molecule has 1 amide bonds. The number of benzene rings is 1. The van der Waals surface area contributed by atoms with Crippen LogP contribution in [0.25, 0.3) is 0 Å². The van der Waals surface area contributed by atoms with Gasteiger partial charge in [-0.05, 0) is 31.9 Å². The number of aliphatic hydroxyl groups is 1. The van der Waals surface area contributed by atoms with Crippen LogP contribution in [0.4, 0.5) is 0 Å². The summed E-state index contributed by atoms with van der Waals surface area (Å²) in [5.41, 5.74) is 1.32. The summed E-state index contributed by atoms with van der Waals surface area (Å²) in [5, 5.41) is 17.9. The smallest absolute Gasteiger partial charge is 0.243 e. The number of hydrogen-bond donors (Lipinski definition) is 1. The van der Waals surface area contributed by atoms with Crippen molar-refractivity contribution in [2.24, 2.45) is 5.92 Å². The summed E-state index contributed by atoms with van der Waals surface area (Å²) in [6, 6.07) is 6.51. The van der Waals surface area contributed by atoms with Gasteiger partial charge >= 0.3 is 0 Å². The lowest BCUT2D eigenvalue weighted by Crippen LogP contribution is -2.47. The highest BCUT2D eigenvalue weighted by atomic mass is 32.2. The third-order valence-corrected chi connectivity index (χ3v) is 8.25. The van der Waals surface area contributed by atoms with Crippen molar-refractivity contribution < 1.29 is 23.1 Å². The van der Waals surface area contributed by atoms with Crippen LogP contribution in [-0.4, -0.2) is 82.5 Å². The van der Waals surface area contributed by atoms with Gasteiger partial charge in [-0.1, -0.05) is 30.3 Å². The summed E-state index contributed by atoms with van der Waals surface area (Å²) < 4.78 is 35.7. The highest BCUT2D eigenvalue weighted by Crippen LogP contribution is 2.22. The minimum Gasteiger partial charge on any atom is -0.394 e.